The summed E-state index contributed by atoms with van der Waals surface area (Å²) < 4.78 is 0.944. The number of pyridine rings is 1. The van der Waals surface area contributed by atoms with Crippen LogP contribution in [0.25, 0.3) is 10.2 Å². The van der Waals surface area contributed by atoms with Crippen LogP contribution in [0.4, 0.5) is 5.69 Å². The zero-order valence-corrected chi connectivity index (χ0v) is 10.7. The first-order valence-corrected chi connectivity index (χ1v) is 6.32. The van der Waals surface area contributed by atoms with E-state index in [2.05, 4.69) is 24.1 Å². The molecular formula is C12H15N3OS. The number of nitrogen functional groups attached to an aromatic ring is 1. The molecule has 0 saturated carbocycles. The van der Waals surface area contributed by atoms with Crippen molar-refractivity contribution in [1.82, 2.24) is 10.3 Å². The Labute approximate surface area is 104 Å². The molecule has 2 aromatic rings. The average Bonchev–Trinajstić information content (AvgIpc) is 2.64. The van der Waals surface area contributed by atoms with Crippen LogP contribution >= 0.6 is 11.3 Å². The van der Waals surface area contributed by atoms with Crippen LogP contribution in [0.3, 0.4) is 0 Å². The number of nitrogens with one attached hydrogen (secondary N) is 1. The number of thiophene rings is 1. The average molecular weight is 249 g/mol. The first kappa shape index (κ1) is 11.9. The van der Waals surface area contributed by atoms with E-state index >= 15 is 0 Å². The van der Waals surface area contributed by atoms with Crippen molar-refractivity contribution in [1.29, 1.82) is 0 Å². The van der Waals surface area contributed by atoms with E-state index in [1.54, 1.807) is 6.20 Å². The van der Waals surface area contributed by atoms with Crippen molar-refractivity contribution in [3.63, 3.8) is 0 Å². The fourth-order valence-corrected chi connectivity index (χ4v) is 2.49. The normalized spacial score (nSPS) is 11.0. The van der Waals surface area contributed by atoms with Crippen molar-refractivity contribution < 1.29 is 4.79 Å². The van der Waals surface area contributed by atoms with Crippen molar-refractivity contribution in [2.45, 2.75) is 13.8 Å². The van der Waals surface area contributed by atoms with Gasteiger partial charge in [-0.05, 0) is 18.1 Å². The molecule has 2 aromatic heterocycles. The van der Waals surface area contributed by atoms with Crippen LogP contribution < -0.4 is 11.1 Å². The summed E-state index contributed by atoms with van der Waals surface area (Å²) in [7, 11) is 0. The Balaban J connectivity index is 2.29. The van der Waals surface area contributed by atoms with Crippen LogP contribution in [0.2, 0.25) is 0 Å². The number of aromatic nitrogens is 1. The van der Waals surface area contributed by atoms with Gasteiger partial charge < -0.3 is 11.1 Å². The quantitative estimate of drug-likeness (QED) is 0.876. The predicted octanol–water partition coefficient (Wildman–Crippen LogP) is 2.26. The highest BCUT2D eigenvalue weighted by molar-refractivity contribution is 7.21. The molecule has 0 bridgehead atoms. The summed E-state index contributed by atoms with van der Waals surface area (Å²) in [5, 5.41) is 2.86. The smallest absolute Gasteiger partial charge is 0.263 e. The van der Waals surface area contributed by atoms with E-state index in [1.165, 1.54) is 11.3 Å². The van der Waals surface area contributed by atoms with Gasteiger partial charge in [-0.2, -0.15) is 0 Å². The minimum Gasteiger partial charge on any atom is -0.396 e. The fraction of sp³-hybridized carbons (Fsp3) is 0.333. The number of carbonyl (C=O) groups is 1. The van der Waals surface area contributed by atoms with Gasteiger partial charge in [0.1, 0.15) is 10.4 Å². The lowest BCUT2D eigenvalue weighted by Crippen LogP contribution is -2.27. The first-order chi connectivity index (χ1) is 8.09. The van der Waals surface area contributed by atoms with Gasteiger partial charge in [-0.1, -0.05) is 13.8 Å². The Bertz CT molecular complexity index is 548. The van der Waals surface area contributed by atoms with Crippen molar-refractivity contribution in [2.24, 2.45) is 5.92 Å². The predicted molar refractivity (Wildman–Crippen MR) is 71.2 cm³/mol. The third kappa shape index (κ3) is 2.39. The number of nitrogens with zero attached hydrogens (tertiary/aromatic N) is 1. The zero-order valence-electron chi connectivity index (χ0n) is 9.86. The second-order valence-corrected chi connectivity index (χ2v) is 5.35. The molecule has 0 unspecified atom stereocenters. The van der Waals surface area contributed by atoms with Crippen molar-refractivity contribution in [3.8, 4) is 0 Å². The number of carbonyl (C=O) groups excluding carboxylic acids is 1. The minimum absolute atomic E-state index is 0.112. The number of nitrogens with two attached hydrogens (primary N) is 1. The molecule has 0 radical (unpaired) electrons. The summed E-state index contributed by atoms with van der Waals surface area (Å²) in [5.74, 6) is 0.312. The molecular weight excluding hydrogens is 234 g/mol. The van der Waals surface area contributed by atoms with E-state index in [1.807, 2.05) is 12.1 Å². The summed E-state index contributed by atoms with van der Waals surface area (Å²) in [5.41, 5.74) is 7.13. The summed E-state index contributed by atoms with van der Waals surface area (Å²) in [6.45, 7) is 4.76. The van der Waals surface area contributed by atoms with Crippen LogP contribution in [-0.4, -0.2) is 17.4 Å². The largest absolute Gasteiger partial charge is 0.396 e. The Hall–Kier alpha value is -1.62. The fourth-order valence-electron chi connectivity index (χ4n) is 1.49. The Morgan fingerprint density at radius 1 is 1.59 bits per heavy atom. The van der Waals surface area contributed by atoms with Crippen molar-refractivity contribution in [3.05, 3.63) is 23.2 Å². The monoisotopic (exact) mass is 249 g/mol. The Morgan fingerprint density at radius 2 is 2.35 bits per heavy atom. The zero-order chi connectivity index (χ0) is 12.4. The molecule has 5 heteroatoms. The van der Waals surface area contributed by atoms with Crippen molar-refractivity contribution >= 4 is 33.1 Å². The Morgan fingerprint density at radius 3 is 3.00 bits per heavy atom. The van der Waals surface area contributed by atoms with Crippen LogP contribution in [-0.2, 0) is 0 Å². The van der Waals surface area contributed by atoms with Gasteiger partial charge in [-0.25, -0.2) is 0 Å². The number of hydrogen-bond acceptors (Lipinski definition) is 4. The molecule has 0 fully saturated rings. The second-order valence-electron chi connectivity index (χ2n) is 4.30. The highest BCUT2D eigenvalue weighted by Gasteiger charge is 2.16. The summed E-state index contributed by atoms with van der Waals surface area (Å²) >= 11 is 1.38. The van der Waals surface area contributed by atoms with E-state index < -0.39 is 0 Å². The highest BCUT2D eigenvalue weighted by Crippen LogP contribution is 2.31. The number of hydrogen-bond donors (Lipinski definition) is 2. The maximum absolute atomic E-state index is 11.9. The van der Waals surface area contributed by atoms with Crippen LogP contribution in [0.15, 0.2) is 18.3 Å². The van der Waals surface area contributed by atoms with Gasteiger partial charge in [0.25, 0.3) is 5.91 Å². The third-order valence-corrected chi connectivity index (χ3v) is 3.52. The molecule has 3 N–H and O–H groups in total. The molecule has 0 aliphatic rings. The van der Waals surface area contributed by atoms with Crippen molar-refractivity contribution in [2.75, 3.05) is 12.3 Å². The molecule has 0 aliphatic heterocycles. The Kier molecular flexibility index (Phi) is 3.28. The van der Waals surface area contributed by atoms with Gasteiger partial charge in [0.15, 0.2) is 0 Å². The summed E-state index contributed by atoms with van der Waals surface area (Å²) in [6.07, 6.45) is 1.68. The van der Waals surface area contributed by atoms with E-state index in [-0.39, 0.29) is 5.91 Å². The van der Waals surface area contributed by atoms with E-state index in [0.29, 0.717) is 28.5 Å². The molecule has 90 valence electrons. The SMILES string of the molecule is CC(C)CNC(=O)c1sc2cccnc2c1N. The molecule has 1 amide bonds. The first-order valence-electron chi connectivity index (χ1n) is 5.50. The molecule has 2 rings (SSSR count). The minimum atomic E-state index is -0.112. The number of anilines is 1. The molecule has 4 nitrogen and oxygen atoms in total. The molecule has 0 atom stereocenters. The van der Waals surface area contributed by atoms with Gasteiger partial charge in [0.05, 0.1) is 10.4 Å². The molecule has 17 heavy (non-hydrogen) atoms. The van der Waals surface area contributed by atoms with Crippen LogP contribution in [0.5, 0.6) is 0 Å². The van der Waals surface area contributed by atoms with Crippen LogP contribution in [0.1, 0.15) is 23.5 Å². The third-order valence-electron chi connectivity index (χ3n) is 2.36. The van der Waals surface area contributed by atoms with Gasteiger partial charge in [0, 0.05) is 12.7 Å². The number of amides is 1. The van der Waals surface area contributed by atoms with Gasteiger partial charge >= 0.3 is 0 Å². The van der Waals surface area contributed by atoms with Crippen LogP contribution in [0, 0.1) is 5.92 Å². The van der Waals surface area contributed by atoms with Gasteiger partial charge in [0.2, 0.25) is 0 Å². The molecule has 0 spiro atoms. The second kappa shape index (κ2) is 4.71. The standard InChI is InChI=1S/C12H15N3OS/c1-7(2)6-15-12(16)11-9(13)10-8(17-11)4-3-5-14-10/h3-5,7H,6,13H2,1-2H3,(H,15,16). The van der Waals surface area contributed by atoms with E-state index in [0.717, 1.165) is 4.70 Å². The number of fused-ring (bicyclic) bond motifs is 1. The van der Waals surface area contributed by atoms with E-state index in [4.69, 9.17) is 5.73 Å². The summed E-state index contributed by atoms with van der Waals surface area (Å²) in [6, 6.07) is 3.76. The van der Waals surface area contributed by atoms with E-state index in [9.17, 15) is 4.79 Å². The lowest BCUT2D eigenvalue weighted by molar-refractivity contribution is 0.0954. The van der Waals surface area contributed by atoms with Gasteiger partial charge in [-0.3, -0.25) is 9.78 Å². The number of rotatable bonds is 3. The molecule has 2 heterocycles. The van der Waals surface area contributed by atoms with Gasteiger partial charge in [-0.15, -0.1) is 11.3 Å². The lowest BCUT2D eigenvalue weighted by Gasteiger charge is -2.06. The lowest BCUT2D eigenvalue weighted by atomic mass is 10.2. The summed E-state index contributed by atoms with van der Waals surface area (Å²) in [4.78, 5) is 16.7. The molecule has 0 aromatic carbocycles. The molecule has 0 saturated heterocycles. The topological polar surface area (TPSA) is 68.0 Å². The molecule has 0 aliphatic carbocycles. The maximum Gasteiger partial charge on any atom is 0.263 e. The highest BCUT2D eigenvalue weighted by atomic mass is 32.1. The maximum atomic E-state index is 11.9.